The first-order valence-electron chi connectivity index (χ1n) is 4.92. The summed E-state index contributed by atoms with van der Waals surface area (Å²) in [6.07, 6.45) is 0. The molecule has 96 valence electrons. The molecule has 1 aromatic carbocycles. The van der Waals surface area contributed by atoms with Crippen molar-refractivity contribution in [1.29, 1.82) is 5.26 Å². The molecule has 0 saturated carbocycles. The van der Waals surface area contributed by atoms with E-state index in [2.05, 4.69) is 4.98 Å². The second-order valence-corrected chi connectivity index (χ2v) is 3.97. The SMILES string of the molecule is N#Cc1cc(Cl)c(-c2c(F)ccc(F)c2F)[nH]c1=O. The minimum absolute atomic E-state index is 0.264. The lowest BCUT2D eigenvalue weighted by Gasteiger charge is -2.08. The quantitative estimate of drug-likeness (QED) is 0.819. The average Bonchev–Trinajstić information content (AvgIpc) is 2.38. The van der Waals surface area contributed by atoms with E-state index in [0.717, 1.165) is 6.07 Å². The summed E-state index contributed by atoms with van der Waals surface area (Å²) in [7, 11) is 0. The number of nitrogens with zero attached hydrogens (tertiary/aromatic N) is 1. The highest BCUT2D eigenvalue weighted by Gasteiger charge is 2.19. The summed E-state index contributed by atoms with van der Waals surface area (Å²) in [5, 5.41) is 8.36. The fraction of sp³-hybridized carbons (Fsp3) is 0. The van der Waals surface area contributed by atoms with E-state index in [4.69, 9.17) is 16.9 Å². The zero-order valence-corrected chi connectivity index (χ0v) is 9.86. The first kappa shape index (κ1) is 13.2. The summed E-state index contributed by atoms with van der Waals surface area (Å²) >= 11 is 5.73. The Hall–Kier alpha value is -2.26. The van der Waals surface area contributed by atoms with Crippen molar-refractivity contribution in [2.24, 2.45) is 0 Å². The number of rotatable bonds is 1. The van der Waals surface area contributed by atoms with Gasteiger partial charge in [0, 0.05) is 0 Å². The number of benzene rings is 1. The van der Waals surface area contributed by atoms with Crippen LogP contribution in [0.15, 0.2) is 23.0 Å². The Balaban J connectivity index is 2.81. The lowest BCUT2D eigenvalue weighted by Crippen LogP contribution is -2.12. The fourth-order valence-corrected chi connectivity index (χ4v) is 1.78. The third-order valence-corrected chi connectivity index (χ3v) is 2.71. The second-order valence-electron chi connectivity index (χ2n) is 3.57. The van der Waals surface area contributed by atoms with Gasteiger partial charge in [-0.2, -0.15) is 5.26 Å². The van der Waals surface area contributed by atoms with Crippen LogP contribution in [0.25, 0.3) is 11.3 Å². The van der Waals surface area contributed by atoms with E-state index >= 15 is 0 Å². The number of halogens is 4. The van der Waals surface area contributed by atoms with Crippen molar-refractivity contribution < 1.29 is 13.2 Å². The number of hydrogen-bond acceptors (Lipinski definition) is 2. The van der Waals surface area contributed by atoms with Gasteiger partial charge >= 0.3 is 0 Å². The van der Waals surface area contributed by atoms with Gasteiger partial charge in [0.1, 0.15) is 17.4 Å². The van der Waals surface area contributed by atoms with Crippen LogP contribution in [-0.2, 0) is 0 Å². The molecule has 3 nitrogen and oxygen atoms in total. The molecule has 7 heteroatoms. The van der Waals surface area contributed by atoms with Crippen LogP contribution in [0.3, 0.4) is 0 Å². The molecule has 0 fully saturated rings. The molecule has 0 radical (unpaired) electrons. The summed E-state index contributed by atoms with van der Waals surface area (Å²) in [6, 6.07) is 3.85. The molecule has 1 aromatic heterocycles. The Morgan fingerprint density at radius 2 is 1.84 bits per heavy atom. The van der Waals surface area contributed by atoms with Crippen LogP contribution < -0.4 is 5.56 Å². The van der Waals surface area contributed by atoms with Crippen LogP contribution in [0.1, 0.15) is 5.56 Å². The van der Waals surface area contributed by atoms with Gasteiger partial charge in [0.05, 0.1) is 16.3 Å². The van der Waals surface area contributed by atoms with E-state index < -0.39 is 34.3 Å². The van der Waals surface area contributed by atoms with Gasteiger partial charge in [-0.3, -0.25) is 4.79 Å². The average molecular weight is 285 g/mol. The van der Waals surface area contributed by atoms with Crippen molar-refractivity contribution in [3.63, 3.8) is 0 Å². The highest BCUT2D eigenvalue weighted by Crippen LogP contribution is 2.30. The Morgan fingerprint density at radius 1 is 1.21 bits per heavy atom. The number of pyridine rings is 1. The van der Waals surface area contributed by atoms with Crippen LogP contribution in [0.5, 0.6) is 0 Å². The van der Waals surface area contributed by atoms with Crippen molar-refractivity contribution in [3.8, 4) is 17.3 Å². The second kappa shape index (κ2) is 4.78. The van der Waals surface area contributed by atoms with Gasteiger partial charge in [-0.05, 0) is 18.2 Å². The zero-order valence-electron chi connectivity index (χ0n) is 9.10. The lowest BCUT2D eigenvalue weighted by molar-refractivity contribution is 0.498. The summed E-state index contributed by atoms with van der Waals surface area (Å²) in [5.41, 5.74) is -2.39. The third kappa shape index (κ3) is 2.20. The Kier molecular flexibility index (Phi) is 3.32. The monoisotopic (exact) mass is 284 g/mol. The number of nitriles is 1. The van der Waals surface area contributed by atoms with E-state index in [1.165, 1.54) is 0 Å². The highest BCUT2D eigenvalue weighted by molar-refractivity contribution is 6.33. The topological polar surface area (TPSA) is 56.6 Å². The summed E-state index contributed by atoms with van der Waals surface area (Å²) in [4.78, 5) is 13.5. The largest absolute Gasteiger partial charge is 0.319 e. The van der Waals surface area contributed by atoms with Crippen molar-refractivity contribution in [2.45, 2.75) is 0 Å². The molecule has 1 heterocycles. The molecule has 2 aromatic rings. The van der Waals surface area contributed by atoms with E-state index in [1.807, 2.05) is 0 Å². The van der Waals surface area contributed by atoms with E-state index in [1.54, 1.807) is 6.07 Å². The number of hydrogen-bond donors (Lipinski definition) is 1. The maximum absolute atomic E-state index is 13.6. The lowest BCUT2D eigenvalue weighted by atomic mass is 10.1. The molecular weight excluding hydrogens is 281 g/mol. The molecule has 0 amide bonds. The van der Waals surface area contributed by atoms with Crippen molar-refractivity contribution in [3.05, 3.63) is 56.6 Å². The first-order valence-corrected chi connectivity index (χ1v) is 5.30. The number of aromatic amines is 1. The van der Waals surface area contributed by atoms with E-state index in [9.17, 15) is 18.0 Å². The molecule has 0 atom stereocenters. The molecule has 0 aliphatic heterocycles. The zero-order chi connectivity index (χ0) is 14.2. The van der Waals surface area contributed by atoms with Gasteiger partial charge in [-0.15, -0.1) is 0 Å². The molecule has 0 aliphatic carbocycles. The molecule has 0 saturated heterocycles. The summed E-state index contributed by atoms with van der Waals surface area (Å²) < 4.78 is 40.2. The minimum atomic E-state index is -1.47. The van der Waals surface area contributed by atoms with Gasteiger partial charge in [0.2, 0.25) is 0 Å². The molecule has 0 spiro atoms. The highest BCUT2D eigenvalue weighted by atomic mass is 35.5. The van der Waals surface area contributed by atoms with Gasteiger partial charge in [0.25, 0.3) is 5.56 Å². The smallest absolute Gasteiger partial charge is 0.266 e. The standard InChI is InChI=1S/C12H4ClF3N2O/c13-6-3-5(4-17)12(19)18-11(6)9-7(14)1-2-8(15)10(9)16/h1-3H,(H,18,19). The van der Waals surface area contributed by atoms with Crippen LogP contribution in [0.2, 0.25) is 5.02 Å². The Labute approximate surface area is 109 Å². The maximum atomic E-state index is 13.6. The first-order chi connectivity index (χ1) is 8.95. The maximum Gasteiger partial charge on any atom is 0.266 e. The third-order valence-electron chi connectivity index (χ3n) is 2.41. The normalized spacial score (nSPS) is 10.3. The Bertz CT molecular complexity index is 765. The molecule has 1 N–H and O–H groups in total. The van der Waals surface area contributed by atoms with Crippen LogP contribution >= 0.6 is 11.6 Å². The van der Waals surface area contributed by atoms with Gasteiger partial charge in [-0.1, -0.05) is 11.6 Å². The summed E-state index contributed by atoms with van der Waals surface area (Å²) in [5.74, 6) is -3.83. The predicted octanol–water partition coefficient (Wildman–Crippen LogP) is 2.98. The van der Waals surface area contributed by atoms with Crippen molar-refractivity contribution in [2.75, 3.05) is 0 Å². The minimum Gasteiger partial charge on any atom is -0.319 e. The summed E-state index contributed by atoms with van der Waals surface area (Å²) in [6.45, 7) is 0. The van der Waals surface area contributed by atoms with Crippen molar-refractivity contribution >= 4 is 11.6 Å². The molecule has 0 aliphatic rings. The molecule has 19 heavy (non-hydrogen) atoms. The van der Waals surface area contributed by atoms with Gasteiger partial charge in [-0.25, -0.2) is 13.2 Å². The van der Waals surface area contributed by atoms with Crippen LogP contribution in [-0.4, -0.2) is 4.98 Å². The van der Waals surface area contributed by atoms with Crippen molar-refractivity contribution in [1.82, 2.24) is 4.98 Å². The van der Waals surface area contributed by atoms with E-state index in [0.29, 0.717) is 12.1 Å². The van der Waals surface area contributed by atoms with Gasteiger partial charge in [0.15, 0.2) is 11.6 Å². The Morgan fingerprint density at radius 3 is 2.47 bits per heavy atom. The molecule has 2 rings (SSSR count). The molecule has 0 unspecified atom stereocenters. The predicted molar refractivity (Wildman–Crippen MR) is 62.1 cm³/mol. The van der Waals surface area contributed by atoms with Crippen LogP contribution in [0, 0.1) is 28.8 Å². The van der Waals surface area contributed by atoms with Gasteiger partial charge < -0.3 is 4.98 Å². The van der Waals surface area contributed by atoms with E-state index in [-0.39, 0.29) is 10.6 Å². The number of nitrogens with one attached hydrogen (secondary N) is 1. The number of H-pyrrole nitrogens is 1. The fourth-order valence-electron chi connectivity index (χ4n) is 1.53. The number of aromatic nitrogens is 1. The van der Waals surface area contributed by atoms with Crippen LogP contribution in [0.4, 0.5) is 13.2 Å². The molecule has 0 bridgehead atoms. The molecular formula is C12H4ClF3N2O.